The molecule has 2 aliphatic rings. The quantitative estimate of drug-likeness (QED) is 0.125. The maximum Gasteiger partial charge on any atom is 0.419 e. The maximum absolute atomic E-state index is 13.1. The number of likely N-dealkylation sites (tertiary alicyclic amines) is 2. The van der Waals surface area contributed by atoms with Gasteiger partial charge in [0.2, 0.25) is 11.9 Å². The van der Waals surface area contributed by atoms with Crippen LogP contribution in [-0.2, 0) is 12.4 Å². The van der Waals surface area contributed by atoms with Gasteiger partial charge in [0.15, 0.2) is 0 Å². The fourth-order valence-corrected chi connectivity index (χ4v) is 8.46. The molecule has 356 valence electrons. The van der Waals surface area contributed by atoms with E-state index in [1.165, 1.54) is 12.4 Å². The highest BCUT2D eigenvalue weighted by molar-refractivity contribution is 6.42. The largest absolute Gasteiger partial charge is 0.419 e. The molecule has 14 nitrogen and oxygen atoms in total. The van der Waals surface area contributed by atoms with Crippen molar-refractivity contribution in [3.63, 3.8) is 0 Å². The molecule has 0 bridgehead atoms. The van der Waals surface area contributed by atoms with Crippen LogP contribution in [0.5, 0.6) is 0 Å². The van der Waals surface area contributed by atoms with E-state index in [-0.39, 0.29) is 47.4 Å². The minimum Gasteiger partial charge on any atom is -0.354 e. The lowest BCUT2D eigenvalue weighted by Crippen LogP contribution is -2.30. The van der Waals surface area contributed by atoms with Crippen molar-refractivity contribution in [3.8, 4) is 0 Å². The van der Waals surface area contributed by atoms with Gasteiger partial charge in [0, 0.05) is 87.7 Å². The molecule has 2 unspecified atom stereocenters. The summed E-state index contributed by atoms with van der Waals surface area (Å²) in [7, 11) is 0. The van der Waals surface area contributed by atoms with Gasteiger partial charge in [0.25, 0.3) is 11.8 Å². The summed E-state index contributed by atoms with van der Waals surface area (Å²) in [4.78, 5) is 44.7. The highest BCUT2D eigenvalue weighted by Gasteiger charge is 2.39. The average Bonchev–Trinajstić information content (AvgIpc) is 3.94. The number of amides is 2. The Bertz CT molecular complexity index is 2570. The number of aromatic nitrogens is 8. The van der Waals surface area contributed by atoms with Crippen LogP contribution in [0, 0.1) is 25.7 Å². The van der Waals surface area contributed by atoms with Gasteiger partial charge in [-0.1, -0.05) is 58.5 Å². The number of alkyl halides is 6. The molecule has 6 aromatic rings. The Morgan fingerprint density at radius 3 is 1.25 bits per heavy atom. The monoisotopic (exact) mass is 1020 g/mol. The molecule has 0 aliphatic carbocycles. The molecular weight excluding hydrogens is 984 g/mol. The topological polar surface area (TPSA) is 168 Å². The minimum atomic E-state index is -4.51. The third-order valence-electron chi connectivity index (χ3n) is 11.3. The van der Waals surface area contributed by atoms with Crippen molar-refractivity contribution in [2.24, 2.45) is 11.8 Å². The number of rotatable bonds is 10. The fourth-order valence-electron chi connectivity index (χ4n) is 7.85. The Labute approximate surface area is 404 Å². The molecule has 2 N–H and O–H groups in total. The molecule has 0 saturated carbocycles. The summed E-state index contributed by atoms with van der Waals surface area (Å²) < 4.78 is 76.6. The van der Waals surface area contributed by atoms with Gasteiger partial charge in [-0.3, -0.25) is 9.59 Å². The van der Waals surface area contributed by atoms with Crippen molar-refractivity contribution in [2.45, 2.75) is 38.0 Å². The molecule has 2 saturated heterocycles. The molecule has 4 atom stereocenters. The number of benzene rings is 2. The predicted molar refractivity (Wildman–Crippen MR) is 242 cm³/mol. The van der Waals surface area contributed by atoms with E-state index in [1.54, 1.807) is 60.0 Å². The van der Waals surface area contributed by atoms with Crippen LogP contribution < -0.4 is 10.6 Å². The van der Waals surface area contributed by atoms with Crippen LogP contribution in [0.15, 0.2) is 85.7 Å². The molecule has 2 aromatic carbocycles. The minimum absolute atomic E-state index is 0.0691. The van der Waals surface area contributed by atoms with Gasteiger partial charge in [-0.05, 0) is 61.4 Å². The van der Waals surface area contributed by atoms with Crippen LogP contribution in [0.4, 0.5) is 38.2 Å². The van der Waals surface area contributed by atoms with Crippen LogP contribution in [0.2, 0.25) is 20.1 Å². The van der Waals surface area contributed by atoms with E-state index in [4.69, 9.17) is 46.4 Å². The summed E-state index contributed by atoms with van der Waals surface area (Å²) >= 11 is 24.6. The zero-order valence-corrected chi connectivity index (χ0v) is 38.7. The smallest absolute Gasteiger partial charge is 0.354 e. The molecule has 8 rings (SSSR count). The van der Waals surface area contributed by atoms with Crippen molar-refractivity contribution in [3.05, 3.63) is 151 Å². The summed E-state index contributed by atoms with van der Waals surface area (Å²) in [5.41, 5.74) is 2.06. The zero-order valence-electron chi connectivity index (χ0n) is 35.7. The molecule has 6 heterocycles. The molecule has 2 aliphatic heterocycles. The molecule has 24 heteroatoms. The molecular formula is C44H38Cl4F6N12O2. The van der Waals surface area contributed by atoms with Gasteiger partial charge in [-0.25, -0.2) is 19.9 Å². The van der Waals surface area contributed by atoms with Crippen molar-refractivity contribution < 1.29 is 35.9 Å². The standard InChI is InChI=1S/2C22H19Cl2F3N6O/c2*1-12-4-14(7-31-32-12)20(34)33-10-15(17(11-33)13-2-3-18(23)19(24)5-13)6-28-21-29-8-16(9-30-21)22(25,26)27/h2*2-5,7-9,15,17H,6,10-11H2,1H3,(H,28,29,30)/t15-,17+;/m0./s1. The first-order valence-corrected chi connectivity index (χ1v) is 22.1. The second-order valence-electron chi connectivity index (χ2n) is 16.0. The number of carbonyl (C=O) groups excluding carboxylic acids is 2. The van der Waals surface area contributed by atoms with E-state index in [0.29, 0.717) is 81.9 Å². The Hall–Kier alpha value is -5.96. The Morgan fingerprint density at radius 1 is 0.559 bits per heavy atom. The van der Waals surface area contributed by atoms with E-state index in [2.05, 4.69) is 51.0 Å². The van der Waals surface area contributed by atoms with E-state index in [0.717, 1.165) is 35.9 Å². The van der Waals surface area contributed by atoms with Gasteiger partial charge in [-0.2, -0.15) is 46.7 Å². The Balaban J connectivity index is 0.000000201. The summed E-state index contributed by atoms with van der Waals surface area (Å²) in [6.07, 6.45) is -3.25. The summed E-state index contributed by atoms with van der Waals surface area (Å²) in [5.74, 6) is -0.619. The number of halogens is 10. The number of hydrogen-bond donors (Lipinski definition) is 2. The number of carbonyl (C=O) groups is 2. The zero-order chi connectivity index (χ0) is 48.9. The van der Waals surface area contributed by atoms with E-state index in [1.807, 2.05) is 12.1 Å². The SMILES string of the molecule is Cc1cc(C(=O)N2CC(CNc3ncc(C(F)(F)F)cn3)C(c3ccc(Cl)c(Cl)c3)C2)cnn1.Cc1cc(C(=O)N2C[C@H](CNc3ncc(C(F)(F)F)cn3)[C@@H](c3ccc(Cl)c(Cl)c3)C2)cnn1. The van der Waals surface area contributed by atoms with Gasteiger partial charge in [0.05, 0.1) is 66.1 Å². The van der Waals surface area contributed by atoms with Gasteiger partial charge in [0.1, 0.15) is 0 Å². The van der Waals surface area contributed by atoms with Crippen LogP contribution in [0.25, 0.3) is 0 Å². The lowest BCUT2D eigenvalue weighted by Gasteiger charge is -2.19. The number of nitrogens with zero attached hydrogens (tertiary/aromatic N) is 10. The van der Waals surface area contributed by atoms with Crippen molar-refractivity contribution in [1.29, 1.82) is 0 Å². The van der Waals surface area contributed by atoms with E-state index >= 15 is 0 Å². The lowest BCUT2D eigenvalue weighted by atomic mass is 9.89. The van der Waals surface area contributed by atoms with Crippen molar-refractivity contribution in [2.75, 3.05) is 49.9 Å². The first kappa shape index (κ1) is 49.9. The molecule has 68 heavy (non-hydrogen) atoms. The third-order valence-corrected chi connectivity index (χ3v) is 12.7. The van der Waals surface area contributed by atoms with Crippen molar-refractivity contribution >= 4 is 70.1 Å². The normalized spacial score (nSPS) is 18.2. The summed E-state index contributed by atoms with van der Waals surface area (Å²) in [6.45, 7) is 5.79. The predicted octanol–water partition coefficient (Wildman–Crippen LogP) is 9.74. The highest BCUT2D eigenvalue weighted by Crippen LogP contribution is 2.38. The van der Waals surface area contributed by atoms with Crippen LogP contribution in [0.1, 0.15) is 66.2 Å². The highest BCUT2D eigenvalue weighted by atomic mass is 35.5. The number of hydrogen-bond acceptors (Lipinski definition) is 12. The van der Waals surface area contributed by atoms with Crippen molar-refractivity contribution in [1.82, 2.24) is 50.1 Å². The van der Waals surface area contributed by atoms with Gasteiger partial charge >= 0.3 is 12.4 Å². The van der Waals surface area contributed by atoms with E-state index in [9.17, 15) is 35.9 Å². The molecule has 0 spiro atoms. The number of anilines is 2. The second-order valence-corrected chi connectivity index (χ2v) is 17.6. The molecule has 2 amide bonds. The van der Waals surface area contributed by atoms with Crippen LogP contribution in [-0.4, -0.2) is 101 Å². The maximum atomic E-state index is 13.1. The Kier molecular flexibility index (Phi) is 15.5. The fraction of sp³-hybridized carbons (Fsp3) is 0.318. The summed E-state index contributed by atoms with van der Waals surface area (Å²) in [6, 6.07) is 14.0. The van der Waals surface area contributed by atoms with Gasteiger partial charge < -0.3 is 20.4 Å². The lowest BCUT2D eigenvalue weighted by molar-refractivity contribution is -0.138. The Morgan fingerprint density at radius 2 is 0.926 bits per heavy atom. The third kappa shape index (κ3) is 12.4. The first-order chi connectivity index (χ1) is 32.2. The average molecular weight is 1020 g/mol. The number of aryl methyl sites for hydroxylation is 2. The molecule has 4 aromatic heterocycles. The van der Waals surface area contributed by atoms with Gasteiger partial charge in [-0.15, -0.1) is 0 Å². The molecule has 2 fully saturated rings. The second kappa shape index (κ2) is 21.1. The first-order valence-electron chi connectivity index (χ1n) is 20.6. The van der Waals surface area contributed by atoms with Crippen LogP contribution >= 0.6 is 46.4 Å². The molecule has 0 radical (unpaired) electrons. The van der Waals surface area contributed by atoms with E-state index < -0.39 is 23.5 Å². The summed E-state index contributed by atoms with van der Waals surface area (Å²) in [5, 5.41) is 23.1. The van der Waals surface area contributed by atoms with Crippen LogP contribution in [0.3, 0.4) is 0 Å². The number of nitrogens with one attached hydrogen (secondary N) is 2.